The highest BCUT2D eigenvalue weighted by Crippen LogP contribution is 2.37. The Morgan fingerprint density at radius 1 is 1.32 bits per heavy atom. The van der Waals surface area contributed by atoms with Gasteiger partial charge >= 0.3 is 0 Å². The van der Waals surface area contributed by atoms with E-state index in [9.17, 15) is 0 Å². The summed E-state index contributed by atoms with van der Waals surface area (Å²) in [6.07, 6.45) is 5.95. The highest BCUT2D eigenvalue weighted by molar-refractivity contribution is 6.04. The number of nitrogens with one attached hydrogen (secondary N) is 2. The van der Waals surface area contributed by atoms with E-state index in [1.807, 2.05) is 6.20 Å². The van der Waals surface area contributed by atoms with Crippen molar-refractivity contribution in [1.82, 2.24) is 14.8 Å². The van der Waals surface area contributed by atoms with Crippen molar-refractivity contribution in [2.24, 2.45) is 4.99 Å². The number of aliphatic imine (C=N–C) groups is 1. The summed E-state index contributed by atoms with van der Waals surface area (Å²) in [6.45, 7) is 4.19. The van der Waals surface area contributed by atoms with Crippen molar-refractivity contribution >= 4 is 11.7 Å². The summed E-state index contributed by atoms with van der Waals surface area (Å²) in [5.41, 5.74) is 1.63. The van der Waals surface area contributed by atoms with Crippen molar-refractivity contribution < 1.29 is 0 Å². The molecule has 2 saturated heterocycles. The van der Waals surface area contributed by atoms with E-state index in [-0.39, 0.29) is 0 Å². The summed E-state index contributed by atoms with van der Waals surface area (Å²) in [4.78, 5) is 13.0. The minimum Gasteiger partial charge on any atom is -0.354 e. The van der Waals surface area contributed by atoms with Gasteiger partial charge in [-0.15, -0.1) is 0 Å². The van der Waals surface area contributed by atoms with Crippen molar-refractivity contribution in [1.29, 1.82) is 0 Å². The first kappa shape index (κ1) is 11.3. The number of likely N-dealkylation sites (N-methyl/N-ethyl adjacent to an activating group) is 1. The molecule has 5 nitrogen and oxygen atoms in total. The maximum atomic E-state index is 4.70. The van der Waals surface area contributed by atoms with E-state index < -0.39 is 0 Å². The second kappa shape index (κ2) is 4.00. The molecule has 2 N–H and O–H groups in total. The molecule has 102 valence electrons. The van der Waals surface area contributed by atoms with Gasteiger partial charge in [0.1, 0.15) is 18.3 Å². The molecule has 0 aromatic carbocycles. The van der Waals surface area contributed by atoms with E-state index in [2.05, 4.69) is 33.2 Å². The van der Waals surface area contributed by atoms with Crippen LogP contribution in [0.4, 0.5) is 5.82 Å². The van der Waals surface area contributed by atoms with E-state index in [0.29, 0.717) is 12.2 Å². The molecule has 5 heteroatoms. The topological polar surface area (TPSA) is 46.7 Å². The fraction of sp³-hybridized carbons (Fsp3) is 0.643. The number of hydrogen-bond acceptors (Lipinski definition) is 4. The standard InChI is InChI=1S/C14H21N5/c1-18-7-2-4-14(18)5-8-19(9-14)13-11-3-6-15-12(11)16-10-17-13/h3,6,15-16H,2,4-5,7-10H2,1H3. The molecule has 0 amide bonds. The fourth-order valence-electron chi connectivity index (χ4n) is 3.88. The molecular formula is C14H21N5. The Bertz CT molecular complexity index is 520. The third-order valence-corrected chi connectivity index (χ3v) is 5.05. The second-order valence-electron chi connectivity index (χ2n) is 6.00. The smallest absolute Gasteiger partial charge is 0.136 e. The molecule has 2 fully saturated rings. The number of fused-ring (bicyclic) bond motifs is 1. The molecule has 4 heterocycles. The molecule has 0 bridgehead atoms. The predicted octanol–water partition coefficient (Wildman–Crippen LogP) is 1.31. The van der Waals surface area contributed by atoms with Crippen LogP contribution in [-0.4, -0.2) is 59.5 Å². The van der Waals surface area contributed by atoms with Crippen LogP contribution in [0.1, 0.15) is 24.8 Å². The Labute approximate surface area is 113 Å². The molecule has 19 heavy (non-hydrogen) atoms. The van der Waals surface area contributed by atoms with E-state index >= 15 is 0 Å². The number of H-pyrrole nitrogens is 1. The third kappa shape index (κ3) is 1.61. The van der Waals surface area contributed by atoms with Crippen LogP contribution in [0.5, 0.6) is 0 Å². The average Bonchev–Trinajstić information content (AvgIpc) is 3.12. The number of likely N-dealkylation sites (tertiary alicyclic amines) is 2. The molecule has 1 atom stereocenters. The zero-order valence-electron chi connectivity index (χ0n) is 11.4. The summed E-state index contributed by atoms with van der Waals surface area (Å²) in [6, 6.07) is 2.13. The highest BCUT2D eigenvalue weighted by Gasteiger charge is 2.45. The van der Waals surface area contributed by atoms with Crippen LogP contribution in [-0.2, 0) is 0 Å². The zero-order valence-corrected chi connectivity index (χ0v) is 11.4. The summed E-state index contributed by atoms with van der Waals surface area (Å²) in [5.74, 6) is 2.29. The van der Waals surface area contributed by atoms with Crippen LogP contribution >= 0.6 is 0 Å². The van der Waals surface area contributed by atoms with Crippen LogP contribution in [0.3, 0.4) is 0 Å². The number of anilines is 1. The lowest BCUT2D eigenvalue weighted by Gasteiger charge is -2.33. The number of aromatic amines is 1. The maximum absolute atomic E-state index is 4.70. The first-order valence-electron chi connectivity index (χ1n) is 7.21. The molecule has 1 spiro atoms. The van der Waals surface area contributed by atoms with Gasteiger partial charge in [-0.3, -0.25) is 4.90 Å². The second-order valence-corrected chi connectivity index (χ2v) is 6.00. The number of aromatic nitrogens is 1. The first-order valence-corrected chi connectivity index (χ1v) is 7.21. The van der Waals surface area contributed by atoms with Gasteiger partial charge in [-0.25, -0.2) is 4.99 Å². The van der Waals surface area contributed by atoms with Gasteiger partial charge in [-0.2, -0.15) is 0 Å². The normalized spacial score (nSPS) is 30.6. The lowest BCUT2D eigenvalue weighted by atomic mass is 9.96. The Hall–Kier alpha value is -1.49. The van der Waals surface area contributed by atoms with Crippen LogP contribution < -0.4 is 5.32 Å². The minimum atomic E-state index is 0.407. The van der Waals surface area contributed by atoms with E-state index in [0.717, 1.165) is 18.9 Å². The average molecular weight is 259 g/mol. The Balaban J connectivity index is 1.60. The van der Waals surface area contributed by atoms with Gasteiger partial charge in [-0.1, -0.05) is 0 Å². The van der Waals surface area contributed by atoms with Crippen molar-refractivity contribution in [2.45, 2.75) is 24.8 Å². The molecule has 1 aromatic heterocycles. The highest BCUT2D eigenvalue weighted by atomic mass is 15.3. The molecule has 0 radical (unpaired) electrons. The summed E-state index contributed by atoms with van der Waals surface area (Å²) < 4.78 is 0. The molecule has 3 aliphatic rings. The van der Waals surface area contributed by atoms with Crippen LogP contribution in [0.25, 0.3) is 0 Å². The maximum Gasteiger partial charge on any atom is 0.136 e. The summed E-state index contributed by atoms with van der Waals surface area (Å²) in [5, 5.41) is 3.29. The van der Waals surface area contributed by atoms with Crippen molar-refractivity contribution in [2.75, 3.05) is 38.7 Å². The minimum absolute atomic E-state index is 0.407. The number of amidine groups is 1. The monoisotopic (exact) mass is 259 g/mol. The largest absolute Gasteiger partial charge is 0.354 e. The van der Waals surface area contributed by atoms with Crippen LogP contribution in [0, 0.1) is 0 Å². The van der Waals surface area contributed by atoms with E-state index in [4.69, 9.17) is 4.99 Å². The summed E-state index contributed by atoms with van der Waals surface area (Å²) >= 11 is 0. The van der Waals surface area contributed by atoms with Gasteiger partial charge in [0.15, 0.2) is 0 Å². The predicted molar refractivity (Wildman–Crippen MR) is 76.6 cm³/mol. The van der Waals surface area contributed by atoms with Crippen LogP contribution in [0.15, 0.2) is 17.3 Å². The quantitative estimate of drug-likeness (QED) is 0.738. The van der Waals surface area contributed by atoms with Crippen molar-refractivity contribution in [3.05, 3.63) is 17.8 Å². The van der Waals surface area contributed by atoms with Crippen molar-refractivity contribution in [3.63, 3.8) is 0 Å². The zero-order chi connectivity index (χ0) is 12.9. The lowest BCUT2D eigenvalue weighted by Crippen LogP contribution is -2.45. The van der Waals surface area contributed by atoms with Gasteiger partial charge in [0.2, 0.25) is 0 Å². The molecule has 4 rings (SSSR count). The fourth-order valence-corrected chi connectivity index (χ4v) is 3.88. The van der Waals surface area contributed by atoms with Gasteiger partial charge in [-0.05, 0) is 38.9 Å². The van der Waals surface area contributed by atoms with Gasteiger partial charge in [0.25, 0.3) is 0 Å². The molecular weight excluding hydrogens is 238 g/mol. The third-order valence-electron chi connectivity index (χ3n) is 5.05. The molecule has 0 aliphatic carbocycles. The first-order chi connectivity index (χ1) is 9.28. The van der Waals surface area contributed by atoms with E-state index in [1.165, 1.54) is 37.2 Å². The Morgan fingerprint density at radius 2 is 2.26 bits per heavy atom. The van der Waals surface area contributed by atoms with Gasteiger partial charge < -0.3 is 15.2 Å². The number of rotatable bonds is 0. The van der Waals surface area contributed by atoms with Gasteiger partial charge in [0, 0.05) is 24.8 Å². The van der Waals surface area contributed by atoms with Crippen molar-refractivity contribution in [3.8, 4) is 0 Å². The lowest BCUT2D eigenvalue weighted by molar-refractivity contribution is 0.186. The van der Waals surface area contributed by atoms with E-state index in [1.54, 1.807) is 0 Å². The molecule has 3 aliphatic heterocycles. The number of hydrogen-bond donors (Lipinski definition) is 2. The summed E-state index contributed by atoms with van der Waals surface area (Å²) in [7, 11) is 2.28. The SMILES string of the molecule is CN1CCCC12CCN(C1=NCNc3[nH]ccc31)C2. The Kier molecular flexibility index (Phi) is 2.39. The van der Waals surface area contributed by atoms with Gasteiger partial charge in [0.05, 0.1) is 5.56 Å². The Morgan fingerprint density at radius 3 is 3.11 bits per heavy atom. The van der Waals surface area contributed by atoms with Crippen LogP contribution in [0.2, 0.25) is 0 Å². The molecule has 1 unspecified atom stereocenters. The molecule has 0 saturated carbocycles. The molecule has 1 aromatic rings. The number of nitrogens with zero attached hydrogens (tertiary/aromatic N) is 3.